The van der Waals surface area contributed by atoms with Crippen LogP contribution in [0.4, 0.5) is 15.9 Å². The first-order valence-corrected chi connectivity index (χ1v) is 5.47. The second-order valence-electron chi connectivity index (χ2n) is 3.62. The Balaban J connectivity index is 1.92. The summed E-state index contributed by atoms with van der Waals surface area (Å²) in [5.74, 6) is 0.126. The molecule has 7 heteroatoms. The number of hydrogen-bond donors (Lipinski definition) is 1. The molecule has 0 spiro atoms. The number of anilines is 2. The Morgan fingerprint density at radius 2 is 2.11 bits per heavy atom. The molecule has 0 unspecified atom stereocenters. The minimum Gasteiger partial charge on any atom is -0.340 e. The van der Waals surface area contributed by atoms with Crippen LogP contribution in [0, 0.1) is 5.82 Å². The highest BCUT2D eigenvalue weighted by atomic mass is 35.5. The van der Waals surface area contributed by atoms with Crippen LogP contribution in [0.1, 0.15) is 0 Å². The Morgan fingerprint density at radius 1 is 1.22 bits per heavy atom. The molecule has 1 aromatic carbocycles. The quantitative estimate of drug-likeness (QED) is 0.772. The van der Waals surface area contributed by atoms with E-state index < -0.39 is 5.82 Å². The first-order valence-electron chi connectivity index (χ1n) is 5.10. The number of hydrogen-bond acceptors (Lipinski definition) is 4. The molecule has 0 atom stereocenters. The van der Waals surface area contributed by atoms with E-state index in [1.165, 1.54) is 12.1 Å². The van der Waals surface area contributed by atoms with Crippen LogP contribution in [0.5, 0.6) is 0 Å². The van der Waals surface area contributed by atoms with Gasteiger partial charge in [-0.15, -0.1) is 10.2 Å². The summed E-state index contributed by atoms with van der Waals surface area (Å²) < 4.78 is 14.7. The molecule has 0 bridgehead atoms. The third-order valence-electron chi connectivity index (χ3n) is 2.38. The summed E-state index contributed by atoms with van der Waals surface area (Å²) in [6, 6.07) is 6.09. The summed E-state index contributed by atoms with van der Waals surface area (Å²) in [5, 5.41) is 10.7. The lowest BCUT2D eigenvalue weighted by Gasteiger charge is -2.06. The molecule has 5 nitrogen and oxygen atoms in total. The van der Waals surface area contributed by atoms with E-state index in [4.69, 9.17) is 11.6 Å². The van der Waals surface area contributed by atoms with Gasteiger partial charge in [0.2, 0.25) is 0 Å². The van der Waals surface area contributed by atoms with Gasteiger partial charge in [0, 0.05) is 11.8 Å². The lowest BCUT2D eigenvalue weighted by molar-refractivity contribution is 0.628. The van der Waals surface area contributed by atoms with Crippen LogP contribution < -0.4 is 5.32 Å². The van der Waals surface area contributed by atoms with Gasteiger partial charge in [-0.1, -0.05) is 11.6 Å². The lowest BCUT2D eigenvalue weighted by Crippen LogP contribution is -1.96. The number of nitrogens with zero attached hydrogens (tertiary/aromatic N) is 4. The number of halogens is 2. The summed E-state index contributed by atoms with van der Waals surface area (Å²) in [6.07, 6.45) is 3.14. The summed E-state index contributed by atoms with van der Waals surface area (Å²) >= 11 is 5.70. The molecule has 0 aliphatic carbocycles. The first kappa shape index (κ1) is 10.9. The highest BCUT2D eigenvalue weighted by Crippen LogP contribution is 2.22. The zero-order valence-electron chi connectivity index (χ0n) is 9.01. The minimum atomic E-state index is -0.455. The highest BCUT2D eigenvalue weighted by molar-refractivity contribution is 6.31. The molecule has 90 valence electrons. The maximum Gasteiger partial charge on any atom is 0.165 e. The molecule has 18 heavy (non-hydrogen) atoms. The van der Waals surface area contributed by atoms with Crippen molar-refractivity contribution in [2.24, 2.45) is 0 Å². The van der Waals surface area contributed by atoms with Crippen molar-refractivity contribution in [2.75, 3.05) is 5.32 Å². The van der Waals surface area contributed by atoms with Crippen LogP contribution in [0.3, 0.4) is 0 Å². The van der Waals surface area contributed by atoms with Gasteiger partial charge in [-0.3, -0.25) is 4.40 Å². The fraction of sp³-hybridized carbons (Fsp3) is 0. The van der Waals surface area contributed by atoms with E-state index in [0.29, 0.717) is 17.2 Å². The van der Waals surface area contributed by atoms with E-state index in [9.17, 15) is 4.39 Å². The maximum atomic E-state index is 13.0. The molecule has 0 aliphatic heterocycles. The Hall–Kier alpha value is -2.21. The molecule has 1 N–H and O–H groups in total. The van der Waals surface area contributed by atoms with E-state index in [1.807, 2.05) is 0 Å². The van der Waals surface area contributed by atoms with Gasteiger partial charge in [0.05, 0.1) is 5.02 Å². The molecule has 0 aliphatic rings. The van der Waals surface area contributed by atoms with Gasteiger partial charge in [-0.05, 0) is 18.2 Å². The van der Waals surface area contributed by atoms with Crippen molar-refractivity contribution in [2.45, 2.75) is 0 Å². The molecule has 0 amide bonds. The predicted octanol–water partition coefficient (Wildman–Crippen LogP) is 2.66. The first-order chi connectivity index (χ1) is 8.72. The normalized spacial score (nSPS) is 10.8. The van der Waals surface area contributed by atoms with E-state index in [-0.39, 0.29) is 5.02 Å². The largest absolute Gasteiger partial charge is 0.340 e. The standard InChI is InChI=1S/C11H7ClFN5/c12-8-3-7(1-2-9(8)13)16-10-4-11-17-15-6-18(11)5-14-10/h1-6,16H. The second kappa shape index (κ2) is 4.23. The number of nitrogens with one attached hydrogen (secondary N) is 1. The van der Waals surface area contributed by atoms with Crippen LogP contribution >= 0.6 is 11.6 Å². The molecular weight excluding hydrogens is 257 g/mol. The van der Waals surface area contributed by atoms with E-state index in [2.05, 4.69) is 20.5 Å². The van der Waals surface area contributed by atoms with E-state index in [1.54, 1.807) is 29.2 Å². The highest BCUT2D eigenvalue weighted by Gasteiger charge is 2.03. The van der Waals surface area contributed by atoms with E-state index in [0.717, 1.165) is 0 Å². The number of benzene rings is 1. The fourth-order valence-corrected chi connectivity index (χ4v) is 1.70. The van der Waals surface area contributed by atoms with Crippen molar-refractivity contribution in [3.05, 3.63) is 47.8 Å². The molecular formula is C11H7ClFN5. The molecule has 2 heterocycles. The zero-order chi connectivity index (χ0) is 12.5. The van der Waals surface area contributed by atoms with Crippen molar-refractivity contribution in [3.63, 3.8) is 0 Å². The molecule has 2 aromatic heterocycles. The number of rotatable bonds is 2. The SMILES string of the molecule is Fc1ccc(Nc2cc3nncn3cn2)cc1Cl. The molecule has 3 rings (SSSR count). The van der Waals surface area contributed by atoms with E-state index >= 15 is 0 Å². The van der Waals surface area contributed by atoms with Gasteiger partial charge in [0.15, 0.2) is 5.65 Å². The van der Waals surface area contributed by atoms with Gasteiger partial charge in [0.1, 0.15) is 24.3 Å². The van der Waals surface area contributed by atoms with Crippen LogP contribution in [0.25, 0.3) is 5.65 Å². The van der Waals surface area contributed by atoms with Crippen molar-refractivity contribution in [1.29, 1.82) is 0 Å². The molecule has 0 fully saturated rings. The average molecular weight is 264 g/mol. The Labute approximate surface area is 106 Å². The van der Waals surface area contributed by atoms with Crippen molar-refractivity contribution < 1.29 is 4.39 Å². The fourth-order valence-electron chi connectivity index (χ4n) is 1.52. The Morgan fingerprint density at radius 3 is 2.94 bits per heavy atom. The van der Waals surface area contributed by atoms with Gasteiger partial charge in [-0.25, -0.2) is 9.37 Å². The Bertz CT molecular complexity index is 711. The number of aromatic nitrogens is 4. The van der Waals surface area contributed by atoms with Crippen LogP contribution in [0.2, 0.25) is 5.02 Å². The second-order valence-corrected chi connectivity index (χ2v) is 4.03. The molecule has 3 aromatic rings. The zero-order valence-corrected chi connectivity index (χ0v) is 9.76. The van der Waals surface area contributed by atoms with Crippen LogP contribution in [-0.4, -0.2) is 19.6 Å². The summed E-state index contributed by atoms with van der Waals surface area (Å²) in [4.78, 5) is 4.16. The van der Waals surface area contributed by atoms with Gasteiger partial charge in [-0.2, -0.15) is 0 Å². The van der Waals surface area contributed by atoms with Crippen LogP contribution in [0.15, 0.2) is 36.9 Å². The smallest absolute Gasteiger partial charge is 0.165 e. The van der Waals surface area contributed by atoms with Gasteiger partial charge >= 0.3 is 0 Å². The number of fused-ring (bicyclic) bond motifs is 1. The summed E-state index contributed by atoms with van der Waals surface area (Å²) in [5.41, 5.74) is 1.32. The maximum absolute atomic E-state index is 13.0. The Kier molecular flexibility index (Phi) is 2.56. The molecule has 0 radical (unpaired) electrons. The average Bonchev–Trinajstić information content (AvgIpc) is 2.81. The van der Waals surface area contributed by atoms with Crippen molar-refractivity contribution in [1.82, 2.24) is 19.6 Å². The summed E-state index contributed by atoms with van der Waals surface area (Å²) in [7, 11) is 0. The van der Waals surface area contributed by atoms with Gasteiger partial charge < -0.3 is 5.32 Å². The van der Waals surface area contributed by atoms with Gasteiger partial charge in [0.25, 0.3) is 0 Å². The predicted molar refractivity (Wildman–Crippen MR) is 65.5 cm³/mol. The van der Waals surface area contributed by atoms with Crippen molar-refractivity contribution in [3.8, 4) is 0 Å². The topological polar surface area (TPSA) is 55.1 Å². The third-order valence-corrected chi connectivity index (χ3v) is 2.67. The van der Waals surface area contributed by atoms with Crippen LogP contribution in [-0.2, 0) is 0 Å². The third kappa shape index (κ3) is 1.98. The molecule has 0 saturated carbocycles. The molecule has 0 saturated heterocycles. The summed E-state index contributed by atoms with van der Waals surface area (Å²) in [6.45, 7) is 0. The monoisotopic (exact) mass is 263 g/mol. The minimum absolute atomic E-state index is 0.0588. The van der Waals surface area contributed by atoms with Crippen molar-refractivity contribution >= 4 is 28.8 Å². The lowest BCUT2D eigenvalue weighted by atomic mass is 10.3.